The number of nitrogens with one attached hydrogen (secondary N) is 1. The molecule has 8 heteroatoms. The Morgan fingerprint density at radius 3 is 2.56 bits per heavy atom. The molecule has 0 saturated carbocycles. The number of benzene rings is 2. The lowest BCUT2D eigenvalue weighted by Gasteiger charge is -2.12. The summed E-state index contributed by atoms with van der Waals surface area (Å²) in [5, 5.41) is 17.9. The van der Waals surface area contributed by atoms with Gasteiger partial charge in [0.2, 0.25) is 0 Å². The van der Waals surface area contributed by atoms with Crippen molar-refractivity contribution in [2.75, 3.05) is 5.32 Å². The van der Waals surface area contributed by atoms with Crippen LogP contribution in [0, 0.1) is 5.82 Å². The lowest BCUT2D eigenvalue weighted by atomic mass is 10.1. The van der Waals surface area contributed by atoms with E-state index in [4.69, 9.17) is 5.14 Å². The van der Waals surface area contributed by atoms with E-state index in [0.29, 0.717) is 17.2 Å². The number of nitrogens with zero attached hydrogens (tertiary/aromatic N) is 4. The van der Waals surface area contributed by atoms with E-state index in [2.05, 4.69) is 20.5 Å². The Labute approximate surface area is 188 Å². The molecule has 6 nitrogen and oxygen atoms in total. The average molecular weight is 443 g/mol. The van der Waals surface area contributed by atoms with Crippen LogP contribution >= 0.6 is 11.9 Å². The topological polar surface area (TPSA) is 81.1 Å². The van der Waals surface area contributed by atoms with E-state index < -0.39 is 0 Å². The number of fused-ring (bicyclic) bond motifs is 1. The van der Waals surface area contributed by atoms with Crippen molar-refractivity contribution in [2.24, 2.45) is 5.14 Å². The zero-order valence-corrected chi connectivity index (χ0v) is 17.8. The number of anilines is 1. The van der Waals surface area contributed by atoms with Gasteiger partial charge < -0.3 is 5.32 Å². The second kappa shape index (κ2) is 8.78. The number of halogens is 1. The van der Waals surface area contributed by atoms with Gasteiger partial charge in [-0.1, -0.05) is 48.5 Å². The molecule has 0 aliphatic rings. The molecule has 3 N–H and O–H groups in total. The third-order valence-electron chi connectivity index (χ3n) is 5.18. The van der Waals surface area contributed by atoms with Gasteiger partial charge in [-0.25, -0.2) is 4.39 Å². The van der Waals surface area contributed by atoms with Crippen LogP contribution in [0.15, 0.2) is 90.2 Å². The molecule has 0 radical (unpaired) electrons. The molecule has 0 saturated heterocycles. The number of rotatable bonds is 6. The number of aromatic nitrogens is 4. The largest absolute Gasteiger partial charge is 0.363 e. The highest BCUT2D eigenvalue weighted by atomic mass is 32.2. The van der Waals surface area contributed by atoms with E-state index in [1.807, 2.05) is 59.1 Å². The van der Waals surface area contributed by atoms with Gasteiger partial charge in [0.25, 0.3) is 0 Å². The van der Waals surface area contributed by atoms with Crippen LogP contribution in [-0.4, -0.2) is 19.6 Å². The molecular weight excluding hydrogens is 423 g/mol. The minimum absolute atomic E-state index is 0.263. The standard InChI is InChI=1S/C24H19FN6S/c25-21-9-5-4-8-17(21)14-28-23-22-20(16-6-2-1-3-7-16)10-11-31(22)24(30-29-23)18-12-19(32-26)15-27-13-18/h1-13,15H,14,26H2,(H,28,29). The lowest BCUT2D eigenvalue weighted by Crippen LogP contribution is -2.08. The smallest absolute Gasteiger partial charge is 0.174 e. The fourth-order valence-corrected chi connectivity index (χ4v) is 3.95. The summed E-state index contributed by atoms with van der Waals surface area (Å²) in [5.41, 5.74) is 4.25. The molecule has 0 fully saturated rings. The zero-order valence-electron chi connectivity index (χ0n) is 16.9. The second-order valence-corrected chi connectivity index (χ2v) is 7.87. The number of pyridine rings is 1. The number of nitrogens with two attached hydrogens (primary N) is 1. The Kier molecular flexibility index (Phi) is 5.53. The maximum atomic E-state index is 14.1. The van der Waals surface area contributed by atoms with Gasteiger partial charge in [0.15, 0.2) is 11.6 Å². The Morgan fingerprint density at radius 1 is 0.938 bits per heavy atom. The Hall–Kier alpha value is -3.75. The predicted octanol–water partition coefficient (Wildman–Crippen LogP) is 5.18. The molecule has 5 rings (SSSR count). The molecule has 32 heavy (non-hydrogen) atoms. The quantitative estimate of drug-likeness (QED) is 0.353. The first-order valence-corrected chi connectivity index (χ1v) is 10.8. The van der Waals surface area contributed by atoms with Crippen LogP contribution in [0.2, 0.25) is 0 Å². The first-order chi connectivity index (χ1) is 15.7. The van der Waals surface area contributed by atoms with Crippen molar-refractivity contribution >= 4 is 23.3 Å². The van der Waals surface area contributed by atoms with Crippen LogP contribution in [-0.2, 0) is 6.54 Å². The first kappa shape index (κ1) is 20.2. The van der Waals surface area contributed by atoms with E-state index >= 15 is 0 Å². The predicted molar refractivity (Wildman–Crippen MR) is 125 cm³/mol. The normalized spacial score (nSPS) is 11.1. The number of hydrogen-bond acceptors (Lipinski definition) is 6. The SMILES string of the molecule is NSc1cncc(-c2nnc(NCc3ccccc3F)c3c(-c4ccccc4)ccn23)c1. The lowest BCUT2D eigenvalue weighted by molar-refractivity contribution is 0.613. The summed E-state index contributed by atoms with van der Waals surface area (Å²) in [6, 6.07) is 20.7. The summed E-state index contributed by atoms with van der Waals surface area (Å²) in [6.45, 7) is 0.288. The van der Waals surface area contributed by atoms with Gasteiger partial charge in [-0.05, 0) is 35.7 Å². The highest BCUT2D eigenvalue weighted by Gasteiger charge is 2.17. The van der Waals surface area contributed by atoms with Gasteiger partial charge >= 0.3 is 0 Å². The Morgan fingerprint density at radius 2 is 1.75 bits per heavy atom. The van der Waals surface area contributed by atoms with Crippen LogP contribution in [0.4, 0.5) is 10.2 Å². The zero-order chi connectivity index (χ0) is 21.9. The third-order valence-corrected chi connectivity index (χ3v) is 5.68. The third kappa shape index (κ3) is 3.81. The molecule has 0 spiro atoms. The molecule has 0 amide bonds. The highest BCUT2D eigenvalue weighted by Crippen LogP contribution is 2.33. The van der Waals surface area contributed by atoms with E-state index in [0.717, 1.165) is 39.1 Å². The molecule has 0 aliphatic carbocycles. The van der Waals surface area contributed by atoms with Crippen molar-refractivity contribution in [1.82, 2.24) is 19.6 Å². The van der Waals surface area contributed by atoms with E-state index in [-0.39, 0.29) is 12.4 Å². The van der Waals surface area contributed by atoms with Gasteiger partial charge in [0.05, 0.1) is 5.52 Å². The van der Waals surface area contributed by atoms with Crippen molar-refractivity contribution in [3.63, 3.8) is 0 Å². The summed E-state index contributed by atoms with van der Waals surface area (Å²) in [5.74, 6) is 0.946. The van der Waals surface area contributed by atoms with Crippen LogP contribution in [0.3, 0.4) is 0 Å². The molecule has 0 unspecified atom stereocenters. The summed E-state index contributed by atoms with van der Waals surface area (Å²) in [7, 11) is 0. The molecule has 0 aliphatic heterocycles. The van der Waals surface area contributed by atoms with Crippen molar-refractivity contribution in [1.29, 1.82) is 0 Å². The molecule has 158 valence electrons. The number of hydrogen-bond donors (Lipinski definition) is 2. The first-order valence-electron chi connectivity index (χ1n) is 9.97. The van der Waals surface area contributed by atoms with Crippen molar-refractivity contribution in [2.45, 2.75) is 11.4 Å². The summed E-state index contributed by atoms with van der Waals surface area (Å²) in [4.78, 5) is 5.10. The van der Waals surface area contributed by atoms with Crippen LogP contribution in [0.25, 0.3) is 28.0 Å². The van der Waals surface area contributed by atoms with Gasteiger partial charge in [-0.15, -0.1) is 10.2 Å². The molecular formula is C24H19FN6S. The van der Waals surface area contributed by atoms with Crippen molar-refractivity contribution < 1.29 is 4.39 Å². The van der Waals surface area contributed by atoms with Crippen LogP contribution in [0.5, 0.6) is 0 Å². The summed E-state index contributed by atoms with van der Waals surface area (Å²) >= 11 is 1.13. The fraction of sp³-hybridized carbons (Fsp3) is 0.0417. The van der Waals surface area contributed by atoms with Crippen molar-refractivity contribution in [3.05, 3.63) is 96.7 Å². The van der Waals surface area contributed by atoms with E-state index in [9.17, 15) is 4.39 Å². The maximum absolute atomic E-state index is 14.1. The van der Waals surface area contributed by atoms with Gasteiger partial charge in [0.1, 0.15) is 5.82 Å². The van der Waals surface area contributed by atoms with E-state index in [1.54, 1.807) is 24.5 Å². The molecule has 0 bridgehead atoms. The molecule has 0 atom stereocenters. The minimum Gasteiger partial charge on any atom is -0.363 e. The minimum atomic E-state index is -0.263. The summed E-state index contributed by atoms with van der Waals surface area (Å²) in [6.07, 6.45) is 5.39. The fourth-order valence-electron chi connectivity index (χ4n) is 3.64. The monoisotopic (exact) mass is 442 g/mol. The van der Waals surface area contributed by atoms with Gasteiger partial charge in [-0.3, -0.25) is 14.5 Å². The van der Waals surface area contributed by atoms with Gasteiger partial charge in [0, 0.05) is 46.7 Å². The Bertz CT molecular complexity index is 1390. The molecule has 3 heterocycles. The van der Waals surface area contributed by atoms with Crippen molar-refractivity contribution in [3.8, 4) is 22.5 Å². The maximum Gasteiger partial charge on any atom is 0.174 e. The van der Waals surface area contributed by atoms with Gasteiger partial charge in [-0.2, -0.15) is 0 Å². The molecule has 3 aromatic heterocycles. The van der Waals surface area contributed by atoms with Crippen LogP contribution in [0.1, 0.15) is 5.56 Å². The highest BCUT2D eigenvalue weighted by molar-refractivity contribution is 7.97. The van der Waals surface area contributed by atoms with Crippen LogP contribution < -0.4 is 10.5 Å². The average Bonchev–Trinajstić information content (AvgIpc) is 3.29. The molecule has 2 aromatic carbocycles. The van der Waals surface area contributed by atoms with E-state index in [1.165, 1.54) is 6.07 Å². The Balaban J connectivity index is 1.65. The summed E-state index contributed by atoms with van der Waals surface area (Å²) < 4.78 is 16.1. The molecule has 5 aromatic rings. The second-order valence-electron chi connectivity index (χ2n) is 7.16.